The number of fused-ring (bicyclic) bond motifs is 9. The molecule has 0 atom stereocenters. The minimum atomic E-state index is -0.587. The minimum Gasteiger partial charge on any atom is -0.292 e. The highest BCUT2D eigenvalue weighted by atomic mass is 15.1. The third kappa shape index (κ3) is 8.34. The third-order valence-corrected chi connectivity index (χ3v) is 17.4. The van der Waals surface area contributed by atoms with Crippen molar-refractivity contribution < 1.29 is 0 Å². The van der Waals surface area contributed by atoms with E-state index < -0.39 is 5.41 Å². The van der Waals surface area contributed by atoms with E-state index in [2.05, 4.69) is 280 Å². The fourth-order valence-electron chi connectivity index (χ4n) is 13.2. The second kappa shape index (κ2) is 20.3. The zero-order valence-corrected chi connectivity index (χ0v) is 46.9. The zero-order chi connectivity index (χ0) is 55.5. The van der Waals surface area contributed by atoms with Crippen molar-refractivity contribution in [3.8, 4) is 61.6 Å². The lowest BCUT2D eigenvalue weighted by atomic mass is 9.66. The van der Waals surface area contributed by atoms with Crippen LogP contribution in [0.15, 0.2) is 284 Å². The summed E-state index contributed by atoms with van der Waals surface area (Å²) in [6, 6.07) is 102. The van der Waals surface area contributed by atoms with Gasteiger partial charge in [0.2, 0.25) is 0 Å². The monoisotopic (exact) mass is 1050 g/mol. The van der Waals surface area contributed by atoms with Crippen molar-refractivity contribution >= 4 is 33.2 Å². The number of nitrogens with zero attached hydrogens (tertiary/aromatic N) is 3. The summed E-state index contributed by atoms with van der Waals surface area (Å²) < 4.78 is 2.30. The number of imidazole rings is 1. The van der Waals surface area contributed by atoms with Crippen molar-refractivity contribution in [3.63, 3.8) is 0 Å². The molecule has 0 saturated heterocycles. The van der Waals surface area contributed by atoms with Crippen molar-refractivity contribution in [2.45, 2.75) is 45.4 Å². The van der Waals surface area contributed by atoms with Crippen molar-refractivity contribution in [1.82, 2.24) is 9.55 Å². The SMILES string of the molecule is CC(=Nc1ccccc1C)c1ccccc1.Cc1ccc(-c2ccc3c(c2)C(C)(C)c2cc4c(cc2-3)C(c2ccccc2)(c2ccccc2)c2cc(-c3ccc(-n5c(-c6ccccc6)nc6ccccc65)cc3)c3ccccc3c2-4)cc1. The maximum absolute atomic E-state index is 5.14. The number of rotatable bonds is 8. The average molecular weight is 1050 g/mol. The molecule has 15 rings (SSSR count). The van der Waals surface area contributed by atoms with Gasteiger partial charge in [0, 0.05) is 22.4 Å². The van der Waals surface area contributed by atoms with E-state index in [1.807, 2.05) is 43.3 Å². The molecule has 0 bridgehead atoms. The maximum atomic E-state index is 5.14. The van der Waals surface area contributed by atoms with E-state index >= 15 is 0 Å². The summed E-state index contributed by atoms with van der Waals surface area (Å²) in [6.45, 7) is 11.1. The van der Waals surface area contributed by atoms with Crippen LogP contribution in [-0.2, 0) is 10.8 Å². The van der Waals surface area contributed by atoms with Crippen LogP contribution in [0.1, 0.15) is 70.8 Å². The molecule has 0 amide bonds. The molecule has 0 N–H and O–H groups in total. The van der Waals surface area contributed by atoms with Crippen molar-refractivity contribution in [3.05, 3.63) is 329 Å². The van der Waals surface area contributed by atoms with Crippen LogP contribution in [0.2, 0.25) is 0 Å². The van der Waals surface area contributed by atoms with E-state index in [4.69, 9.17) is 4.98 Å². The molecule has 1 heterocycles. The smallest absolute Gasteiger partial charge is 0.145 e. The molecule has 0 radical (unpaired) electrons. The summed E-state index contributed by atoms with van der Waals surface area (Å²) in [7, 11) is 0. The molecular formula is C79H61N3. The Morgan fingerprint density at radius 1 is 0.415 bits per heavy atom. The molecule has 0 saturated carbocycles. The van der Waals surface area contributed by atoms with Gasteiger partial charge in [0.25, 0.3) is 0 Å². The number of hydrogen-bond acceptors (Lipinski definition) is 2. The first-order valence-electron chi connectivity index (χ1n) is 28.6. The van der Waals surface area contributed by atoms with E-state index in [0.717, 1.165) is 39.5 Å². The molecule has 3 heteroatoms. The van der Waals surface area contributed by atoms with Gasteiger partial charge in [-0.1, -0.05) is 244 Å². The van der Waals surface area contributed by atoms with Crippen LogP contribution >= 0.6 is 0 Å². The summed E-state index contributed by atoms with van der Waals surface area (Å²) >= 11 is 0. The highest BCUT2D eigenvalue weighted by molar-refractivity contribution is 6.11. The lowest BCUT2D eigenvalue weighted by molar-refractivity contribution is 0.660. The van der Waals surface area contributed by atoms with Gasteiger partial charge in [0.15, 0.2) is 0 Å². The second-order valence-electron chi connectivity index (χ2n) is 22.6. The Kier molecular flexibility index (Phi) is 12.4. The van der Waals surface area contributed by atoms with Gasteiger partial charge in [-0.25, -0.2) is 4.98 Å². The molecule has 82 heavy (non-hydrogen) atoms. The van der Waals surface area contributed by atoms with Gasteiger partial charge in [-0.2, -0.15) is 0 Å². The Balaban J connectivity index is 0.000000325. The second-order valence-corrected chi connectivity index (χ2v) is 22.6. The Morgan fingerprint density at radius 2 is 0.963 bits per heavy atom. The third-order valence-electron chi connectivity index (χ3n) is 17.4. The van der Waals surface area contributed by atoms with Crippen LogP contribution in [-0.4, -0.2) is 15.3 Å². The molecule has 2 aliphatic rings. The van der Waals surface area contributed by atoms with Gasteiger partial charge in [-0.3, -0.25) is 9.56 Å². The normalized spacial score (nSPS) is 13.5. The molecule has 3 nitrogen and oxygen atoms in total. The van der Waals surface area contributed by atoms with E-state index in [1.54, 1.807) is 0 Å². The molecule has 12 aromatic carbocycles. The van der Waals surface area contributed by atoms with Crippen LogP contribution < -0.4 is 0 Å². The van der Waals surface area contributed by atoms with Gasteiger partial charge in [0.05, 0.1) is 22.1 Å². The molecule has 2 aliphatic carbocycles. The molecule has 0 fully saturated rings. The van der Waals surface area contributed by atoms with E-state index in [1.165, 1.54) is 105 Å². The Bertz CT molecular complexity index is 4530. The number of benzene rings is 12. The van der Waals surface area contributed by atoms with Gasteiger partial charge >= 0.3 is 0 Å². The van der Waals surface area contributed by atoms with E-state index in [-0.39, 0.29) is 5.41 Å². The number of aryl methyl sites for hydroxylation is 2. The molecule has 13 aromatic rings. The Hall–Kier alpha value is -9.96. The number of aromatic nitrogens is 2. The molecule has 0 spiro atoms. The summed E-state index contributed by atoms with van der Waals surface area (Å²) in [5.74, 6) is 0.935. The molecule has 0 aliphatic heterocycles. The summed E-state index contributed by atoms with van der Waals surface area (Å²) in [4.78, 5) is 9.78. The quantitative estimate of drug-likeness (QED) is 0.140. The van der Waals surface area contributed by atoms with E-state index in [0.29, 0.717) is 0 Å². The van der Waals surface area contributed by atoms with Gasteiger partial charge in [-0.05, 0) is 175 Å². The molecule has 1 aromatic heterocycles. The average Bonchev–Trinajstić information content (AvgIpc) is 1.87. The van der Waals surface area contributed by atoms with Gasteiger partial charge in [0.1, 0.15) is 5.82 Å². The summed E-state index contributed by atoms with van der Waals surface area (Å²) in [6.07, 6.45) is 0. The Labute approximate surface area is 481 Å². The largest absolute Gasteiger partial charge is 0.292 e. The lowest BCUT2D eigenvalue weighted by Gasteiger charge is -2.34. The predicted molar refractivity (Wildman–Crippen MR) is 344 cm³/mol. The highest BCUT2D eigenvalue weighted by Gasteiger charge is 2.49. The minimum absolute atomic E-state index is 0.205. The van der Waals surface area contributed by atoms with E-state index in [9.17, 15) is 0 Å². The predicted octanol–water partition coefficient (Wildman–Crippen LogP) is 20.3. The molecular weight excluding hydrogens is 991 g/mol. The fraction of sp³-hybridized carbons (Fsp3) is 0.0886. The topological polar surface area (TPSA) is 30.2 Å². The standard InChI is InChI=1S/C64H46N2.C15H15N/c1-41-27-29-42(30-28-41)45-33-36-50-53-39-57-54(40-56(53)63(2,3)55(50)37-45)61-51-24-14-13-23-49(51)52(38-58(61)64(57,46-19-9-5-10-20-46)47-21-11-6-12-22-47)43-31-34-48(35-32-43)66-60-26-16-15-25-59(60)65-62(66)44-17-7-4-8-18-44;1-12-8-6-7-11-15(12)16-13(2)14-9-4-3-5-10-14/h4-40H,1-3H3;3-11H,1-2H3. The zero-order valence-electron chi connectivity index (χ0n) is 46.9. The van der Waals surface area contributed by atoms with Gasteiger partial charge < -0.3 is 0 Å². The fourth-order valence-corrected chi connectivity index (χ4v) is 13.2. The van der Waals surface area contributed by atoms with Crippen LogP contribution in [0.3, 0.4) is 0 Å². The molecule has 0 unspecified atom stereocenters. The number of para-hydroxylation sites is 3. The lowest BCUT2D eigenvalue weighted by Crippen LogP contribution is -2.28. The number of aliphatic imine (C=N–C) groups is 1. The van der Waals surface area contributed by atoms with Crippen LogP contribution in [0.5, 0.6) is 0 Å². The summed E-state index contributed by atoms with van der Waals surface area (Å²) in [5, 5.41) is 2.52. The van der Waals surface area contributed by atoms with Gasteiger partial charge in [-0.15, -0.1) is 0 Å². The van der Waals surface area contributed by atoms with Crippen LogP contribution in [0.4, 0.5) is 5.69 Å². The van der Waals surface area contributed by atoms with Crippen molar-refractivity contribution in [1.29, 1.82) is 0 Å². The first-order valence-corrected chi connectivity index (χ1v) is 28.6. The van der Waals surface area contributed by atoms with Crippen molar-refractivity contribution in [2.24, 2.45) is 4.99 Å². The maximum Gasteiger partial charge on any atom is 0.145 e. The van der Waals surface area contributed by atoms with Crippen molar-refractivity contribution in [2.75, 3.05) is 0 Å². The highest BCUT2D eigenvalue weighted by Crippen LogP contribution is 2.62. The Morgan fingerprint density at radius 3 is 1.66 bits per heavy atom. The summed E-state index contributed by atoms with van der Waals surface area (Å²) in [5.41, 5.74) is 27.3. The van der Waals surface area contributed by atoms with Crippen LogP contribution in [0, 0.1) is 13.8 Å². The number of hydrogen-bond donors (Lipinski definition) is 0. The first-order chi connectivity index (χ1) is 40.2. The molecule has 392 valence electrons. The first kappa shape index (κ1) is 50.3. The van der Waals surface area contributed by atoms with Crippen LogP contribution in [0.25, 0.3) is 83.4 Å².